The molecule has 2 unspecified atom stereocenters. The second-order valence-corrected chi connectivity index (χ2v) is 19.1. The lowest BCUT2D eigenvalue weighted by atomic mass is 10.1. The molecule has 0 aliphatic carbocycles. The van der Waals surface area contributed by atoms with Gasteiger partial charge in [-0.1, -0.05) is 18.2 Å². The average Bonchev–Trinajstić information content (AvgIpc) is 4.01. The van der Waals surface area contributed by atoms with Crippen LogP contribution in [-0.2, 0) is 24.8 Å². The molecule has 2 aliphatic heterocycles. The molecule has 8 rings (SSSR count). The van der Waals surface area contributed by atoms with Crippen molar-refractivity contribution in [2.24, 2.45) is 0 Å². The van der Waals surface area contributed by atoms with Crippen LogP contribution in [0.15, 0.2) is 118 Å². The van der Waals surface area contributed by atoms with Gasteiger partial charge in [0.05, 0.1) is 9.79 Å². The zero-order chi connectivity index (χ0) is 40.2. The van der Waals surface area contributed by atoms with Crippen LogP contribution in [0.5, 0.6) is 0 Å². The van der Waals surface area contributed by atoms with Crippen LogP contribution in [0.4, 0.5) is 21.6 Å². The number of piperazine rings is 2. The molecular formula is C39H45N9O5S4. The molecule has 3 aromatic heterocycles. The fourth-order valence-corrected chi connectivity index (χ4v) is 10.6. The number of thiazole rings is 2. The Hall–Kier alpha value is -5.01. The maximum atomic E-state index is 13.4. The van der Waals surface area contributed by atoms with Gasteiger partial charge in [0.15, 0.2) is 10.3 Å². The van der Waals surface area contributed by atoms with Crippen molar-refractivity contribution in [3.63, 3.8) is 0 Å². The molecule has 2 aliphatic rings. The van der Waals surface area contributed by atoms with E-state index >= 15 is 0 Å². The van der Waals surface area contributed by atoms with Gasteiger partial charge in [0.25, 0.3) is 20.0 Å². The van der Waals surface area contributed by atoms with Crippen LogP contribution in [0.1, 0.15) is 26.8 Å². The number of rotatable bonds is 10. The van der Waals surface area contributed by atoms with Gasteiger partial charge in [0.2, 0.25) is 5.91 Å². The maximum Gasteiger partial charge on any atom is 0.263 e. The highest BCUT2D eigenvalue weighted by Gasteiger charge is 2.31. The Bertz CT molecular complexity index is 2480. The number of carbonyl (C=O) groups excluding carboxylic acids is 1. The van der Waals surface area contributed by atoms with E-state index in [-0.39, 0.29) is 27.8 Å². The smallest absolute Gasteiger partial charge is 0.263 e. The summed E-state index contributed by atoms with van der Waals surface area (Å²) in [6, 6.07) is 24.1. The molecule has 0 bridgehead atoms. The van der Waals surface area contributed by atoms with Crippen molar-refractivity contribution in [2.75, 3.05) is 58.5 Å². The van der Waals surface area contributed by atoms with Crippen LogP contribution in [0, 0.1) is 0 Å². The van der Waals surface area contributed by atoms with E-state index < -0.39 is 20.0 Å². The summed E-state index contributed by atoms with van der Waals surface area (Å²) in [7, 11) is -7.26. The lowest BCUT2D eigenvalue weighted by molar-refractivity contribution is -0.136. The number of hydrogen-bond acceptors (Lipinski definition) is 12. The molecule has 18 heteroatoms. The van der Waals surface area contributed by atoms with E-state index in [0.717, 1.165) is 41.9 Å². The van der Waals surface area contributed by atoms with Crippen molar-refractivity contribution in [1.29, 1.82) is 0 Å². The molecule has 2 saturated heterocycles. The van der Waals surface area contributed by atoms with Crippen LogP contribution < -0.4 is 24.6 Å². The molecule has 2 fully saturated rings. The number of nitrogens with one attached hydrogen (secondary N) is 3. The van der Waals surface area contributed by atoms with Crippen molar-refractivity contribution >= 4 is 81.2 Å². The van der Waals surface area contributed by atoms with Crippen LogP contribution in [0.2, 0.25) is 0 Å². The molecule has 300 valence electrons. The van der Waals surface area contributed by atoms with Gasteiger partial charge in [-0.15, -0.1) is 22.7 Å². The van der Waals surface area contributed by atoms with Gasteiger partial charge in [-0.05, 0) is 86.8 Å². The predicted molar refractivity (Wildman–Crippen MR) is 228 cm³/mol. The largest absolute Gasteiger partial charge is 0.369 e. The summed E-state index contributed by atoms with van der Waals surface area (Å²) in [5.74, 6) is 0.105. The van der Waals surface area contributed by atoms with Gasteiger partial charge >= 0.3 is 0 Å². The number of benzene rings is 3. The number of amides is 1. The quantitative estimate of drug-likeness (QED) is 0.151. The summed E-state index contributed by atoms with van der Waals surface area (Å²) < 4.78 is 56.7. The highest BCUT2D eigenvalue weighted by molar-refractivity contribution is 7.93. The Morgan fingerprint density at radius 2 is 1.32 bits per heavy atom. The number of nitrogens with zero attached hydrogens (tertiary/aromatic N) is 6. The molecule has 3 N–H and O–H groups in total. The van der Waals surface area contributed by atoms with E-state index in [1.54, 1.807) is 47.4 Å². The third-order valence-corrected chi connectivity index (χ3v) is 14.4. The summed E-state index contributed by atoms with van der Waals surface area (Å²) in [4.78, 5) is 28.1. The van der Waals surface area contributed by atoms with Crippen molar-refractivity contribution in [2.45, 2.75) is 48.7 Å². The molecule has 1 amide bonds. The standard InChI is InChI=1S/C25H27N5O3S2.C14H18N4O2S2/c1-18-17-28(21-7-9-22(10-8-21)35(32,33)27-25-26-12-16-34-25)14-15-29(18)24(31)19(2)30-13-11-20-5-3-4-6-23(20)30;1-11-10-18(8-6-15-11)12-2-4-13(5-3-12)22(19,20)17-14-16-7-9-21-14/h3-13,16,18-19H,14-15,17H2,1-2H3,(H,26,27);2-5,7,9,11,15H,6,8,10H2,1H3,(H,16,17)/t18?,19-;/m1./s1. The molecule has 0 radical (unpaired) electrons. The van der Waals surface area contributed by atoms with Gasteiger partial charge in [0, 0.05) is 97.6 Å². The third kappa shape index (κ3) is 9.42. The number of aromatic nitrogens is 3. The third-order valence-electron chi connectivity index (χ3n) is 10.0. The summed E-state index contributed by atoms with van der Waals surface area (Å²) in [5.41, 5.74) is 3.03. The molecule has 0 saturated carbocycles. The Labute approximate surface area is 341 Å². The monoisotopic (exact) mass is 847 g/mol. The van der Waals surface area contributed by atoms with Crippen molar-refractivity contribution in [1.82, 2.24) is 24.8 Å². The summed E-state index contributed by atoms with van der Waals surface area (Å²) >= 11 is 2.49. The molecule has 3 aromatic carbocycles. The number of fused-ring (bicyclic) bond motifs is 1. The van der Waals surface area contributed by atoms with E-state index in [1.807, 2.05) is 71.1 Å². The molecule has 3 atom stereocenters. The predicted octanol–water partition coefficient (Wildman–Crippen LogP) is 5.94. The minimum Gasteiger partial charge on any atom is -0.369 e. The van der Waals surface area contributed by atoms with E-state index in [9.17, 15) is 21.6 Å². The number of anilines is 4. The minimum atomic E-state index is -3.68. The summed E-state index contributed by atoms with van der Waals surface area (Å²) in [6.45, 7) is 10.9. The zero-order valence-corrected chi connectivity index (χ0v) is 35.0. The second-order valence-electron chi connectivity index (χ2n) is 14.0. The normalized spacial score (nSPS) is 18.1. The first-order valence-electron chi connectivity index (χ1n) is 18.5. The van der Waals surface area contributed by atoms with Gasteiger partial charge in [-0.25, -0.2) is 26.8 Å². The van der Waals surface area contributed by atoms with E-state index in [1.165, 1.54) is 22.7 Å². The zero-order valence-electron chi connectivity index (χ0n) is 31.7. The van der Waals surface area contributed by atoms with Crippen LogP contribution in [0.25, 0.3) is 10.9 Å². The van der Waals surface area contributed by atoms with Crippen molar-refractivity contribution < 1.29 is 21.6 Å². The molecular weight excluding hydrogens is 803 g/mol. The Balaban J connectivity index is 0.000000194. The SMILES string of the molecule is CC1CN(c2ccc(S(=O)(=O)Nc3nccs3)cc2)CCN1.CC1CN(c2ccc(S(=O)(=O)Nc3nccs3)cc2)CCN1C(=O)[C@@H](C)n1ccc2ccccc21. The van der Waals surface area contributed by atoms with Crippen LogP contribution >= 0.6 is 22.7 Å². The minimum absolute atomic E-state index is 0.0236. The van der Waals surface area contributed by atoms with Crippen molar-refractivity contribution in [3.05, 3.63) is 108 Å². The van der Waals surface area contributed by atoms with E-state index in [0.29, 0.717) is 35.9 Å². The van der Waals surface area contributed by atoms with Crippen LogP contribution in [-0.4, -0.2) is 93.5 Å². The lowest BCUT2D eigenvalue weighted by Crippen LogP contribution is -2.55. The molecule has 0 spiro atoms. The number of para-hydroxylation sites is 1. The topological polar surface area (TPSA) is 162 Å². The summed E-state index contributed by atoms with van der Waals surface area (Å²) in [6.07, 6.45) is 5.10. The number of carbonyl (C=O) groups is 1. The van der Waals surface area contributed by atoms with Gasteiger partial charge in [0.1, 0.15) is 6.04 Å². The fourth-order valence-electron chi connectivity index (χ4n) is 7.06. The highest BCUT2D eigenvalue weighted by atomic mass is 32.2. The highest BCUT2D eigenvalue weighted by Crippen LogP contribution is 2.27. The number of hydrogen-bond donors (Lipinski definition) is 3. The fraction of sp³-hybridized carbons (Fsp3) is 0.308. The lowest BCUT2D eigenvalue weighted by Gasteiger charge is -2.42. The second kappa shape index (κ2) is 17.2. The number of sulfonamides is 2. The Kier molecular flexibility index (Phi) is 12.2. The Morgan fingerprint density at radius 1 is 0.754 bits per heavy atom. The first-order valence-corrected chi connectivity index (χ1v) is 23.2. The molecule has 14 nitrogen and oxygen atoms in total. The van der Waals surface area contributed by atoms with E-state index in [2.05, 4.69) is 54.4 Å². The van der Waals surface area contributed by atoms with Gasteiger partial charge < -0.3 is 24.6 Å². The first-order chi connectivity index (χ1) is 27.4. The molecule has 5 heterocycles. The van der Waals surface area contributed by atoms with Gasteiger partial charge in [-0.2, -0.15) is 0 Å². The van der Waals surface area contributed by atoms with Crippen molar-refractivity contribution in [3.8, 4) is 0 Å². The molecule has 6 aromatic rings. The maximum absolute atomic E-state index is 13.4. The first kappa shape index (κ1) is 40.2. The average molecular weight is 848 g/mol. The van der Waals surface area contributed by atoms with Crippen LogP contribution in [0.3, 0.4) is 0 Å². The summed E-state index contributed by atoms with van der Waals surface area (Å²) in [5, 5.41) is 8.67. The van der Waals surface area contributed by atoms with E-state index in [4.69, 9.17) is 0 Å². The molecule has 57 heavy (non-hydrogen) atoms. The Morgan fingerprint density at radius 3 is 1.84 bits per heavy atom. The van der Waals surface area contributed by atoms with Gasteiger partial charge in [-0.3, -0.25) is 14.2 Å².